The van der Waals surface area contributed by atoms with Gasteiger partial charge >= 0.3 is 5.97 Å². The van der Waals surface area contributed by atoms with Gasteiger partial charge in [0.05, 0.1) is 18.8 Å². The van der Waals surface area contributed by atoms with Gasteiger partial charge in [-0.2, -0.15) is 0 Å². The fourth-order valence-electron chi connectivity index (χ4n) is 3.28. The van der Waals surface area contributed by atoms with Crippen molar-refractivity contribution in [2.75, 3.05) is 7.11 Å². The maximum Gasteiger partial charge on any atom is 0.374 e. The molecule has 132 valence electrons. The number of rotatable bonds is 4. The lowest BCUT2D eigenvalue weighted by Gasteiger charge is -2.21. The Hall–Kier alpha value is -2.56. The van der Waals surface area contributed by atoms with Crippen molar-refractivity contribution in [3.05, 3.63) is 52.5 Å². The second-order valence-electron chi connectivity index (χ2n) is 6.61. The lowest BCUT2D eigenvalue weighted by molar-refractivity contribution is 0.0338. The van der Waals surface area contributed by atoms with E-state index in [0.717, 1.165) is 11.3 Å². The van der Waals surface area contributed by atoms with E-state index < -0.39 is 5.97 Å². The van der Waals surface area contributed by atoms with Crippen LogP contribution in [0.25, 0.3) is 0 Å². The van der Waals surface area contributed by atoms with Gasteiger partial charge in [-0.05, 0) is 44.4 Å². The van der Waals surface area contributed by atoms with Crippen LogP contribution in [0, 0.1) is 6.92 Å². The Kier molecular flexibility index (Phi) is 4.66. The predicted octanol–water partition coefficient (Wildman–Crippen LogP) is 4.07. The normalized spacial score (nSPS) is 16.7. The fourth-order valence-corrected chi connectivity index (χ4v) is 3.28. The van der Waals surface area contributed by atoms with Crippen molar-refractivity contribution in [2.45, 2.75) is 45.6 Å². The molecule has 2 aromatic rings. The molecule has 5 nitrogen and oxygen atoms in total. The zero-order chi connectivity index (χ0) is 18.1. The third kappa shape index (κ3) is 3.31. The summed E-state index contributed by atoms with van der Waals surface area (Å²) >= 11 is 0. The number of Topliss-reactive ketones (excluding diaryl/α,β-unsaturated/α-hetero) is 1. The van der Waals surface area contributed by atoms with Crippen LogP contribution >= 0.6 is 0 Å². The standard InChI is InChI=1S/C20H22O5/c1-11(2)24-20(22)19-12(3)18-16(21)9-14(10-17(18)25-19)13-5-7-15(23-4)8-6-13/h5-8,11,14H,9-10H2,1-4H3/t14-/m0/s1. The number of esters is 1. The average molecular weight is 342 g/mol. The van der Waals surface area contributed by atoms with Crippen molar-refractivity contribution in [1.82, 2.24) is 0 Å². The van der Waals surface area contributed by atoms with Gasteiger partial charge in [-0.25, -0.2) is 4.79 Å². The van der Waals surface area contributed by atoms with E-state index in [4.69, 9.17) is 13.9 Å². The van der Waals surface area contributed by atoms with Crippen LogP contribution in [0.3, 0.4) is 0 Å². The SMILES string of the molecule is COc1ccc([C@H]2CC(=O)c3c(oc(C(=O)OC(C)C)c3C)C2)cc1. The number of benzene rings is 1. The van der Waals surface area contributed by atoms with E-state index in [9.17, 15) is 9.59 Å². The van der Waals surface area contributed by atoms with E-state index in [1.54, 1.807) is 27.9 Å². The van der Waals surface area contributed by atoms with Gasteiger partial charge in [0.1, 0.15) is 11.5 Å². The van der Waals surface area contributed by atoms with Gasteiger partial charge in [0.25, 0.3) is 0 Å². The molecule has 1 heterocycles. The van der Waals surface area contributed by atoms with Crippen LogP contribution < -0.4 is 4.74 Å². The Morgan fingerprint density at radius 1 is 1.20 bits per heavy atom. The highest BCUT2D eigenvalue weighted by molar-refractivity contribution is 6.03. The highest BCUT2D eigenvalue weighted by Gasteiger charge is 2.34. The largest absolute Gasteiger partial charge is 0.497 e. The predicted molar refractivity (Wildman–Crippen MR) is 92.4 cm³/mol. The molecular formula is C20H22O5. The summed E-state index contributed by atoms with van der Waals surface area (Å²) in [5.41, 5.74) is 2.18. The first-order valence-electron chi connectivity index (χ1n) is 8.41. The van der Waals surface area contributed by atoms with Gasteiger partial charge in [0.15, 0.2) is 5.78 Å². The van der Waals surface area contributed by atoms with Gasteiger partial charge in [0, 0.05) is 18.4 Å². The summed E-state index contributed by atoms with van der Waals surface area (Å²) < 4.78 is 16.1. The van der Waals surface area contributed by atoms with Crippen molar-refractivity contribution in [2.24, 2.45) is 0 Å². The second kappa shape index (κ2) is 6.75. The summed E-state index contributed by atoms with van der Waals surface area (Å²) in [6.45, 7) is 5.30. The fraction of sp³-hybridized carbons (Fsp3) is 0.400. The molecule has 0 bridgehead atoms. The summed E-state index contributed by atoms with van der Waals surface area (Å²) in [4.78, 5) is 24.8. The van der Waals surface area contributed by atoms with Crippen LogP contribution in [0.5, 0.6) is 5.75 Å². The third-order valence-electron chi connectivity index (χ3n) is 4.48. The van der Waals surface area contributed by atoms with Gasteiger partial charge in [-0.15, -0.1) is 0 Å². The van der Waals surface area contributed by atoms with Crippen molar-refractivity contribution < 1.29 is 23.5 Å². The molecule has 0 amide bonds. The van der Waals surface area contributed by atoms with Crippen LogP contribution in [0.1, 0.15) is 64.0 Å². The monoisotopic (exact) mass is 342 g/mol. The molecule has 5 heteroatoms. The quantitative estimate of drug-likeness (QED) is 0.784. The Labute approximate surface area is 146 Å². The van der Waals surface area contributed by atoms with E-state index in [1.165, 1.54) is 0 Å². The van der Waals surface area contributed by atoms with Crippen LogP contribution in [0.4, 0.5) is 0 Å². The molecule has 1 atom stereocenters. The van der Waals surface area contributed by atoms with E-state index in [0.29, 0.717) is 29.7 Å². The van der Waals surface area contributed by atoms with Gasteiger partial charge in [0.2, 0.25) is 5.76 Å². The Bertz CT molecular complexity index is 798. The highest BCUT2D eigenvalue weighted by Crippen LogP contribution is 2.37. The molecule has 0 saturated heterocycles. The minimum absolute atomic E-state index is 0.00640. The molecule has 0 fully saturated rings. The van der Waals surface area contributed by atoms with E-state index >= 15 is 0 Å². The molecule has 25 heavy (non-hydrogen) atoms. The average Bonchev–Trinajstić information content (AvgIpc) is 2.91. The minimum Gasteiger partial charge on any atom is -0.497 e. The van der Waals surface area contributed by atoms with Crippen molar-refractivity contribution in [3.63, 3.8) is 0 Å². The number of ether oxygens (including phenoxy) is 2. The van der Waals surface area contributed by atoms with E-state index in [-0.39, 0.29) is 23.6 Å². The molecular weight excluding hydrogens is 320 g/mol. The molecule has 1 aliphatic carbocycles. The van der Waals surface area contributed by atoms with Crippen molar-refractivity contribution in [3.8, 4) is 5.75 Å². The lowest BCUT2D eigenvalue weighted by atomic mass is 9.82. The molecule has 3 rings (SSSR count). The Balaban J connectivity index is 1.89. The molecule has 1 aromatic heterocycles. The van der Waals surface area contributed by atoms with Crippen molar-refractivity contribution >= 4 is 11.8 Å². The number of furan rings is 1. The number of ketones is 1. The van der Waals surface area contributed by atoms with Crippen molar-refractivity contribution in [1.29, 1.82) is 0 Å². The van der Waals surface area contributed by atoms with Crippen LogP contribution in [0.2, 0.25) is 0 Å². The summed E-state index contributed by atoms with van der Waals surface area (Å²) in [6, 6.07) is 7.69. The number of hydrogen-bond donors (Lipinski definition) is 0. The van der Waals surface area contributed by atoms with Crippen LogP contribution in [0.15, 0.2) is 28.7 Å². The third-order valence-corrected chi connectivity index (χ3v) is 4.48. The number of carbonyl (C=O) groups excluding carboxylic acids is 2. The zero-order valence-electron chi connectivity index (χ0n) is 14.9. The smallest absolute Gasteiger partial charge is 0.374 e. The summed E-state index contributed by atoms with van der Waals surface area (Å²) in [5.74, 6) is 1.01. The number of fused-ring (bicyclic) bond motifs is 1. The summed E-state index contributed by atoms with van der Waals surface area (Å²) in [7, 11) is 1.62. The Morgan fingerprint density at radius 2 is 1.88 bits per heavy atom. The first-order valence-corrected chi connectivity index (χ1v) is 8.41. The zero-order valence-corrected chi connectivity index (χ0v) is 14.9. The summed E-state index contributed by atoms with van der Waals surface area (Å²) in [5, 5.41) is 0. The molecule has 1 aliphatic rings. The molecule has 0 aliphatic heterocycles. The maximum atomic E-state index is 12.6. The number of methoxy groups -OCH3 is 1. The molecule has 0 radical (unpaired) electrons. The maximum absolute atomic E-state index is 12.6. The van der Waals surface area contributed by atoms with Crippen LogP contribution in [-0.2, 0) is 11.2 Å². The molecule has 1 aromatic carbocycles. The molecule has 0 N–H and O–H groups in total. The van der Waals surface area contributed by atoms with E-state index in [2.05, 4.69) is 0 Å². The van der Waals surface area contributed by atoms with Gasteiger partial charge in [-0.1, -0.05) is 12.1 Å². The number of hydrogen-bond acceptors (Lipinski definition) is 5. The molecule has 0 unspecified atom stereocenters. The van der Waals surface area contributed by atoms with Gasteiger partial charge < -0.3 is 13.9 Å². The molecule has 0 spiro atoms. The highest BCUT2D eigenvalue weighted by atomic mass is 16.6. The van der Waals surface area contributed by atoms with Gasteiger partial charge in [-0.3, -0.25) is 4.79 Å². The first-order chi connectivity index (χ1) is 11.9. The van der Waals surface area contributed by atoms with E-state index in [1.807, 2.05) is 24.3 Å². The topological polar surface area (TPSA) is 65.7 Å². The first kappa shape index (κ1) is 17.3. The lowest BCUT2D eigenvalue weighted by Crippen LogP contribution is -2.18. The Morgan fingerprint density at radius 3 is 2.48 bits per heavy atom. The molecule has 0 saturated carbocycles. The number of carbonyl (C=O) groups is 2. The van der Waals surface area contributed by atoms with Crippen LogP contribution in [-0.4, -0.2) is 25.0 Å². The summed E-state index contributed by atoms with van der Waals surface area (Å²) in [6.07, 6.45) is 0.749. The minimum atomic E-state index is -0.518. The second-order valence-corrected chi connectivity index (χ2v) is 6.61.